The monoisotopic (exact) mass is 495 g/mol. The predicted octanol–water partition coefficient (Wildman–Crippen LogP) is 2.58. The molecule has 0 aliphatic carbocycles. The van der Waals surface area contributed by atoms with Crippen molar-refractivity contribution < 1.29 is 14.3 Å². The van der Waals surface area contributed by atoms with Crippen molar-refractivity contribution in [3.8, 4) is 6.07 Å². The third-order valence-corrected chi connectivity index (χ3v) is 6.69. The quantitative estimate of drug-likeness (QED) is 0.615. The first kappa shape index (κ1) is 25.0. The Morgan fingerprint density at radius 3 is 2.46 bits per heavy atom. The molecule has 0 radical (unpaired) electrons. The molecule has 2 aliphatic rings. The van der Waals surface area contributed by atoms with Crippen molar-refractivity contribution in [3.63, 3.8) is 0 Å². The number of ether oxygens (including phenoxy) is 1. The van der Waals surface area contributed by atoms with Crippen LogP contribution in [-0.2, 0) is 22.5 Å². The molecular weight excluding hydrogens is 466 g/mol. The van der Waals surface area contributed by atoms with E-state index in [0.717, 1.165) is 11.1 Å². The summed E-state index contributed by atoms with van der Waals surface area (Å²) in [4.78, 5) is 30.1. The topological polar surface area (TPSA) is 97.7 Å². The third kappa shape index (κ3) is 6.73. The fourth-order valence-corrected chi connectivity index (χ4v) is 4.61. The number of carbonyl (C=O) groups excluding carboxylic acids is 2. The summed E-state index contributed by atoms with van der Waals surface area (Å²) in [6, 6.07) is 18.4. The molecule has 4 rings (SSSR count). The lowest BCUT2D eigenvalue weighted by molar-refractivity contribution is -0.124. The van der Waals surface area contributed by atoms with Crippen molar-refractivity contribution in [2.45, 2.75) is 31.0 Å². The van der Waals surface area contributed by atoms with Crippen molar-refractivity contribution in [2.75, 3.05) is 39.4 Å². The molecule has 2 fully saturated rings. The highest BCUT2D eigenvalue weighted by Crippen LogP contribution is 2.23. The molecule has 35 heavy (non-hydrogen) atoms. The lowest BCUT2D eigenvalue weighted by Crippen LogP contribution is -2.58. The van der Waals surface area contributed by atoms with Gasteiger partial charge in [-0.1, -0.05) is 54.1 Å². The van der Waals surface area contributed by atoms with Gasteiger partial charge in [0.1, 0.15) is 11.6 Å². The molecule has 2 aromatic rings. The molecule has 3 amide bonds. The van der Waals surface area contributed by atoms with Crippen LogP contribution in [0.15, 0.2) is 54.6 Å². The Morgan fingerprint density at radius 1 is 1.06 bits per heavy atom. The number of likely N-dealkylation sites (tertiary alicyclic amines) is 1. The Kier molecular flexibility index (Phi) is 8.24. The molecule has 2 unspecified atom stereocenters. The largest absolute Gasteiger partial charge is 0.378 e. The highest BCUT2D eigenvalue weighted by molar-refractivity contribution is 6.30. The van der Waals surface area contributed by atoms with Crippen LogP contribution < -0.4 is 10.6 Å². The summed E-state index contributed by atoms with van der Waals surface area (Å²) in [5.74, 6) is -0.371. The van der Waals surface area contributed by atoms with Crippen molar-refractivity contribution in [3.05, 3.63) is 70.7 Å². The normalized spacial score (nSPS) is 21.2. The number of nitrogens with zero attached hydrogens (tertiary/aromatic N) is 3. The Balaban J connectivity index is 1.45. The molecule has 2 N–H and O–H groups in total. The summed E-state index contributed by atoms with van der Waals surface area (Å²) in [6.45, 7) is 3.71. The minimum atomic E-state index is -1.01. The van der Waals surface area contributed by atoms with Gasteiger partial charge in [0.15, 0.2) is 0 Å². The van der Waals surface area contributed by atoms with Gasteiger partial charge in [0.05, 0.1) is 19.3 Å². The standard InChI is InChI=1S/C26H30ClN5O3/c27-22-8-6-20(7-9-22)16-23(29-25(34)32-12-14-35-15-13-32)24(33)30-26(18-28)10-11-31(19-26)17-21-4-2-1-3-5-21/h1-9,23H,10-17,19H2,(H,29,34)(H,30,33). The Bertz CT molecular complexity index is 1050. The van der Waals surface area contributed by atoms with Crippen LogP contribution in [-0.4, -0.2) is 72.7 Å². The van der Waals surface area contributed by atoms with Gasteiger partial charge in [-0.2, -0.15) is 5.26 Å². The van der Waals surface area contributed by atoms with Crippen LogP contribution in [0.3, 0.4) is 0 Å². The second kappa shape index (κ2) is 11.5. The van der Waals surface area contributed by atoms with E-state index in [9.17, 15) is 14.9 Å². The van der Waals surface area contributed by atoms with Crippen LogP contribution in [0.25, 0.3) is 0 Å². The van der Waals surface area contributed by atoms with E-state index in [2.05, 4.69) is 21.6 Å². The van der Waals surface area contributed by atoms with E-state index in [1.165, 1.54) is 0 Å². The average Bonchev–Trinajstić information content (AvgIpc) is 3.28. The van der Waals surface area contributed by atoms with Crippen LogP contribution in [0.5, 0.6) is 0 Å². The SMILES string of the molecule is N#CC1(NC(=O)C(Cc2ccc(Cl)cc2)NC(=O)N2CCOCC2)CCN(Cc2ccccc2)C1. The maximum absolute atomic E-state index is 13.5. The lowest BCUT2D eigenvalue weighted by Gasteiger charge is -2.30. The average molecular weight is 496 g/mol. The summed E-state index contributed by atoms with van der Waals surface area (Å²) in [6.07, 6.45) is 0.807. The first-order valence-corrected chi connectivity index (χ1v) is 12.2. The first-order chi connectivity index (χ1) is 17.0. The van der Waals surface area contributed by atoms with Crippen molar-refractivity contribution in [1.29, 1.82) is 5.26 Å². The van der Waals surface area contributed by atoms with Gasteiger partial charge >= 0.3 is 6.03 Å². The highest BCUT2D eigenvalue weighted by atomic mass is 35.5. The molecule has 0 spiro atoms. The number of amides is 3. The number of carbonyl (C=O) groups is 2. The van der Waals surface area contributed by atoms with Crippen molar-refractivity contribution in [1.82, 2.24) is 20.4 Å². The molecule has 184 valence electrons. The van der Waals surface area contributed by atoms with E-state index in [-0.39, 0.29) is 18.4 Å². The van der Waals surface area contributed by atoms with E-state index in [4.69, 9.17) is 16.3 Å². The van der Waals surface area contributed by atoms with Crippen LogP contribution in [0.2, 0.25) is 5.02 Å². The molecule has 8 nitrogen and oxygen atoms in total. The number of nitriles is 1. The summed E-state index contributed by atoms with van der Waals surface area (Å²) in [5.41, 5.74) is 1.01. The highest BCUT2D eigenvalue weighted by Gasteiger charge is 2.41. The summed E-state index contributed by atoms with van der Waals surface area (Å²) >= 11 is 6.01. The van der Waals surface area contributed by atoms with Gasteiger partial charge in [-0.15, -0.1) is 0 Å². The van der Waals surface area contributed by atoms with Gasteiger partial charge in [0.2, 0.25) is 5.91 Å². The Morgan fingerprint density at radius 2 is 1.77 bits per heavy atom. The number of halogens is 1. The lowest BCUT2D eigenvalue weighted by atomic mass is 9.98. The molecule has 0 aromatic heterocycles. The Labute approximate surface area is 210 Å². The molecule has 2 aliphatic heterocycles. The number of nitrogens with one attached hydrogen (secondary N) is 2. The summed E-state index contributed by atoms with van der Waals surface area (Å²) < 4.78 is 5.32. The Hall–Kier alpha value is -3.12. The minimum absolute atomic E-state index is 0.286. The third-order valence-electron chi connectivity index (χ3n) is 6.44. The second-order valence-corrected chi connectivity index (χ2v) is 9.50. The molecule has 2 heterocycles. The van der Waals surface area contributed by atoms with Gasteiger partial charge in [0, 0.05) is 44.2 Å². The molecule has 0 bridgehead atoms. The zero-order valence-corrected chi connectivity index (χ0v) is 20.3. The van der Waals surface area contributed by atoms with E-state index in [0.29, 0.717) is 57.4 Å². The predicted molar refractivity (Wildman–Crippen MR) is 133 cm³/mol. The van der Waals surface area contributed by atoms with Gasteiger partial charge in [-0.05, 0) is 29.7 Å². The number of urea groups is 1. The molecular formula is C26H30ClN5O3. The molecule has 2 saturated heterocycles. The van der Waals surface area contributed by atoms with E-state index >= 15 is 0 Å². The number of benzene rings is 2. The number of rotatable bonds is 7. The first-order valence-electron chi connectivity index (χ1n) is 11.8. The smallest absolute Gasteiger partial charge is 0.318 e. The fraction of sp³-hybridized carbons (Fsp3) is 0.423. The minimum Gasteiger partial charge on any atom is -0.378 e. The van der Waals surface area contributed by atoms with Gasteiger partial charge in [-0.3, -0.25) is 9.69 Å². The van der Waals surface area contributed by atoms with Crippen LogP contribution in [0.4, 0.5) is 4.79 Å². The van der Waals surface area contributed by atoms with Gasteiger partial charge in [-0.25, -0.2) is 4.79 Å². The molecule has 2 atom stereocenters. The second-order valence-electron chi connectivity index (χ2n) is 9.06. The molecule has 2 aromatic carbocycles. The van der Waals surface area contributed by atoms with Crippen LogP contribution in [0, 0.1) is 11.3 Å². The van der Waals surface area contributed by atoms with Gasteiger partial charge in [0.25, 0.3) is 0 Å². The summed E-state index contributed by atoms with van der Waals surface area (Å²) in [7, 11) is 0. The van der Waals surface area contributed by atoms with E-state index < -0.39 is 11.6 Å². The molecule has 0 saturated carbocycles. The number of hydrogen-bond donors (Lipinski definition) is 2. The molecule has 9 heteroatoms. The maximum atomic E-state index is 13.5. The fourth-order valence-electron chi connectivity index (χ4n) is 4.48. The van der Waals surface area contributed by atoms with E-state index in [1.54, 1.807) is 17.0 Å². The summed E-state index contributed by atoms with van der Waals surface area (Å²) in [5, 5.41) is 16.5. The van der Waals surface area contributed by atoms with Crippen LogP contribution >= 0.6 is 11.6 Å². The zero-order valence-electron chi connectivity index (χ0n) is 19.6. The maximum Gasteiger partial charge on any atom is 0.318 e. The van der Waals surface area contributed by atoms with E-state index in [1.807, 2.05) is 42.5 Å². The number of morpholine rings is 1. The zero-order chi connectivity index (χ0) is 24.7. The van der Waals surface area contributed by atoms with Crippen molar-refractivity contribution in [2.24, 2.45) is 0 Å². The number of hydrogen-bond acceptors (Lipinski definition) is 5. The van der Waals surface area contributed by atoms with Crippen LogP contribution in [0.1, 0.15) is 17.5 Å². The van der Waals surface area contributed by atoms with Crippen molar-refractivity contribution >= 4 is 23.5 Å². The van der Waals surface area contributed by atoms with Gasteiger partial charge < -0.3 is 20.3 Å².